The number of carbonyl (C=O) groups is 2. The Morgan fingerprint density at radius 3 is 2.41 bits per heavy atom. The summed E-state index contributed by atoms with van der Waals surface area (Å²) in [5.41, 5.74) is 1.09. The Balaban J connectivity index is 1.32. The number of carbonyl (C=O) groups excluding carboxylic acids is 2. The molecule has 140 valence electrons. The van der Waals surface area contributed by atoms with E-state index in [-0.39, 0.29) is 17.7 Å². The van der Waals surface area contributed by atoms with E-state index in [9.17, 15) is 9.59 Å². The Bertz CT molecular complexity index is 791. The molecule has 0 saturated carbocycles. The Hall–Kier alpha value is -2.96. The molecule has 0 spiro atoms. The van der Waals surface area contributed by atoms with Crippen LogP contribution in [0.25, 0.3) is 0 Å². The number of anilines is 1. The highest BCUT2D eigenvalue weighted by Crippen LogP contribution is 2.23. The Morgan fingerprint density at radius 1 is 1.00 bits per heavy atom. The van der Waals surface area contributed by atoms with Gasteiger partial charge in [0, 0.05) is 58.1 Å². The molecule has 27 heavy (non-hydrogen) atoms. The lowest BCUT2D eigenvalue weighted by atomic mass is 10.1. The molecule has 1 atom stereocenters. The van der Waals surface area contributed by atoms with Gasteiger partial charge in [-0.15, -0.1) is 0 Å². The molecule has 1 aromatic carbocycles. The van der Waals surface area contributed by atoms with E-state index in [0.717, 1.165) is 5.56 Å². The molecule has 1 unspecified atom stereocenters. The van der Waals surface area contributed by atoms with Crippen LogP contribution in [0.2, 0.25) is 0 Å². The lowest BCUT2D eigenvalue weighted by molar-refractivity contribution is -0.136. The number of benzene rings is 1. The molecule has 3 heterocycles. The summed E-state index contributed by atoms with van der Waals surface area (Å²) in [5.74, 6) is 0.622. The molecule has 2 fully saturated rings. The second kappa shape index (κ2) is 7.73. The van der Waals surface area contributed by atoms with Crippen LogP contribution in [-0.2, 0) is 16.1 Å². The van der Waals surface area contributed by atoms with Crippen molar-refractivity contribution in [1.82, 2.24) is 19.8 Å². The molecule has 2 aliphatic rings. The Morgan fingerprint density at radius 2 is 1.70 bits per heavy atom. The van der Waals surface area contributed by atoms with Gasteiger partial charge in [-0.2, -0.15) is 0 Å². The molecule has 1 aromatic heterocycles. The number of amides is 2. The van der Waals surface area contributed by atoms with Crippen LogP contribution >= 0.6 is 0 Å². The standard InChI is InChI=1S/C20H23N5O2/c26-18-13-17(15-25(18)14-16-5-2-1-3-6-16)19(27)23-9-11-24(12-10-23)20-21-7-4-8-22-20/h1-8,17H,9-15H2. The zero-order valence-electron chi connectivity index (χ0n) is 15.2. The lowest BCUT2D eigenvalue weighted by Crippen LogP contribution is -2.51. The van der Waals surface area contributed by atoms with Gasteiger partial charge in [-0.1, -0.05) is 30.3 Å². The molecule has 7 heteroatoms. The van der Waals surface area contributed by atoms with E-state index in [1.807, 2.05) is 35.2 Å². The molecule has 2 aromatic rings. The van der Waals surface area contributed by atoms with Gasteiger partial charge in [0.2, 0.25) is 17.8 Å². The maximum absolute atomic E-state index is 12.9. The largest absolute Gasteiger partial charge is 0.339 e. The second-order valence-electron chi connectivity index (χ2n) is 7.02. The first-order valence-electron chi connectivity index (χ1n) is 9.33. The van der Waals surface area contributed by atoms with Gasteiger partial charge in [0.25, 0.3) is 0 Å². The first-order valence-corrected chi connectivity index (χ1v) is 9.33. The van der Waals surface area contributed by atoms with Gasteiger partial charge in [0.05, 0.1) is 5.92 Å². The second-order valence-corrected chi connectivity index (χ2v) is 7.02. The van der Waals surface area contributed by atoms with Gasteiger partial charge in [-0.05, 0) is 11.6 Å². The van der Waals surface area contributed by atoms with Gasteiger partial charge in [0.15, 0.2) is 0 Å². The minimum atomic E-state index is -0.235. The van der Waals surface area contributed by atoms with Crippen molar-refractivity contribution in [3.63, 3.8) is 0 Å². The topological polar surface area (TPSA) is 69.6 Å². The number of piperazine rings is 1. The molecule has 0 bridgehead atoms. The minimum Gasteiger partial charge on any atom is -0.339 e. The van der Waals surface area contributed by atoms with Crippen LogP contribution in [0.15, 0.2) is 48.8 Å². The first-order chi connectivity index (χ1) is 13.2. The SMILES string of the molecule is O=C1CC(C(=O)N2CCN(c3ncccn3)CC2)CN1Cc1ccccc1. The Kier molecular flexibility index (Phi) is 5.00. The van der Waals surface area contributed by atoms with Crippen molar-refractivity contribution < 1.29 is 9.59 Å². The third-order valence-electron chi connectivity index (χ3n) is 5.21. The fraction of sp³-hybridized carbons (Fsp3) is 0.400. The van der Waals surface area contributed by atoms with Crippen LogP contribution in [0.3, 0.4) is 0 Å². The minimum absolute atomic E-state index is 0.0634. The van der Waals surface area contributed by atoms with Crippen molar-refractivity contribution in [2.75, 3.05) is 37.6 Å². The number of hydrogen-bond acceptors (Lipinski definition) is 5. The van der Waals surface area contributed by atoms with E-state index in [4.69, 9.17) is 0 Å². The van der Waals surface area contributed by atoms with Crippen molar-refractivity contribution in [3.05, 3.63) is 54.4 Å². The summed E-state index contributed by atoms with van der Waals surface area (Å²) in [6.45, 7) is 3.78. The van der Waals surface area contributed by atoms with Gasteiger partial charge >= 0.3 is 0 Å². The van der Waals surface area contributed by atoms with Crippen LogP contribution in [-0.4, -0.2) is 64.3 Å². The normalized spacial score (nSPS) is 20.2. The zero-order chi connectivity index (χ0) is 18.6. The van der Waals surface area contributed by atoms with E-state index in [1.54, 1.807) is 23.4 Å². The summed E-state index contributed by atoms with van der Waals surface area (Å²) in [4.78, 5) is 39.5. The molecule has 2 aliphatic heterocycles. The molecule has 2 amide bonds. The molecule has 0 N–H and O–H groups in total. The molecular weight excluding hydrogens is 342 g/mol. The third-order valence-corrected chi connectivity index (χ3v) is 5.21. The van der Waals surface area contributed by atoms with Crippen molar-refractivity contribution in [1.29, 1.82) is 0 Å². The van der Waals surface area contributed by atoms with Gasteiger partial charge in [-0.3, -0.25) is 9.59 Å². The molecule has 0 radical (unpaired) electrons. The summed E-state index contributed by atoms with van der Waals surface area (Å²) in [5, 5.41) is 0. The molecule has 2 saturated heterocycles. The number of aromatic nitrogens is 2. The Labute approximate surface area is 158 Å². The zero-order valence-corrected chi connectivity index (χ0v) is 15.2. The van der Waals surface area contributed by atoms with E-state index < -0.39 is 0 Å². The van der Waals surface area contributed by atoms with Crippen molar-refractivity contribution in [2.45, 2.75) is 13.0 Å². The fourth-order valence-electron chi connectivity index (χ4n) is 3.73. The maximum atomic E-state index is 12.9. The summed E-state index contributed by atoms with van der Waals surface area (Å²) < 4.78 is 0. The monoisotopic (exact) mass is 365 g/mol. The van der Waals surface area contributed by atoms with Crippen molar-refractivity contribution >= 4 is 17.8 Å². The van der Waals surface area contributed by atoms with E-state index in [0.29, 0.717) is 51.6 Å². The van der Waals surface area contributed by atoms with Crippen LogP contribution < -0.4 is 4.90 Å². The number of likely N-dealkylation sites (tertiary alicyclic amines) is 1. The van der Waals surface area contributed by atoms with Crippen LogP contribution in [0.4, 0.5) is 5.95 Å². The van der Waals surface area contributed by atoms with E-state index in [1.165, 1.54) is 0 Å². The van der Waals surface area contributed by atoms with Crippen LogP contribution in [0.5, 0.6) is 0 Å². The quantitative estimate of drug-likeness (QED) is 0.814. The van der Waals surface area contributed by atoms with Gasteiger partial charge in [-0.25, -0.2) is 9.97 Å². The number of rotatable bonds is 4. The first kappa shape index (κ1) is 17.5. The number of hydrogen-bond donors (Lipinski definition) is 0. The van der Waals surface area contributed by atoms with Gasteiger partial charge < -0.3 is 14.7 Å². The molecule has 4 rings (SSSR count). The van der Waals surface area contributed by atoms with Crippen LogP contribution in [0, 0.1) is 5.92 Å². The van der Waals surface area contributed by atoms with E-state index >= 15 is 0 Å². The molecule has 0 aliphatic carbocycles. The highest BCUT2D eigenvalue weighted by Gasteiger charge is 2.37. The highest BCUT2D eigenvalue weighted by molar-refractivity contribution is 5.89. The van der Waals surface area contributed by atoms with Crippen LogP contribution in [0.1, 0.15) is 12.0 Å². The van der Waals surface area contributed by atoms with Crippen molar-refractivity contribution in [3.8, 4) is 0 Å². The summed E-state index contributed by atoms with van der Waals surface area (Å²) in [6.07, 6.45) is 3.77. The average Bonchev–Trinajstić information content (AvgIpc) is 3.09. The summed E-state index contributed by atoms with van der Waals surface area (Å²) in [7, 11) is 0. The van der Waals surface area contributed by atoms with E-state index in [2.05, 4.69) is 14.9 Å². The highest BCUT2D eigenvalue weighted by atomic mass is 16.2. The van der Waals surface area contributed by atoms with Crippen molar-refractivity contribution in [2.24, 2.45) is 5.92 Å². The number of nitrogens with zero attached hydrogens (tertiary/aromatic N) is 5. The molecular formula is C20H23N5O2. The average molecular weight is 365 g/mol. The predicted octanol–water partition coefficient (Wildman–Crippen LogP) is 1.17. The third kappa shape index (κ3) is 3.92. The van der Waals surface area contributed by atoms with Gasteiger partial charge in [0.1, 0.15) is 0 Å². The fourth-order valence-corrected chi connectivity index (χ4v) is 3.73. The summed E-state index contributed by atoms with van der Waals surface area (Å²) in [6, 6.07) is 11.7. The molecule has 7 nitrogen and oxygen atoms in total. The summed E-state index contributed by atoms with van der Waals surface area (Å²) >= 11 is 0. The predicted molar refractivity (Wildman–Crippen MR) is 101 cm³/mol. The lowest BCUT2D eigenvalue weighted by Gasteiger charge is -2.35. The maximum Gasteiger partial charge on any atom is 0.228 e. The smallest absolute Gasteiger partial charge is 0.228 e.